The van der Waals surface area contributed by atoms with Crippen molar-refractivity contribution in [2.24, 2.45) is 14.1 Å². The topological polar surface area (TPSA) is 57.3 Å². The molecule has 1 atom stereocenters. The molecule has 0 N–H and O–H groups in total. The molecule has 8 heteroatoms. The van der Waals surface area contributed by atoms with Gasteiger partial charge in [0.15, 0.2) is 0 Å². The minimum Gasteiger partial charge on any atom is -0.493 e. The monoisotopic (exact) mass is 429 g/mol. The Hall–Kier alpha value is -2.35. The number of morpholine rings is 1. The molecule has 7 nitrogen and oxygen atoms in total. The van der Waals surface area contributed by atoms with E-state index in [9.17, 15) is 0 Å². The molecule has 0 bridgehead atoms. The van der Waals surface area contributed by atoms with Crippen LogP contribution in [0.5, 0.6) is 5.75 Å². The van der Waals surface area contributed by atoms with Gasteiger partial charge in [-0.1, -0.05) is 17.7 Å². The van der Waals surface area contributed by atoms with Crippen molar-refractivity contribution >= 4 is 11.6 Å². The second-order valence-electron chi connectivity index (χ2n) is 7.75. The van der Waals surface area contributed by atoms with Crippen LogP contribution in [0, 0.1) is 6.92 Å². The normalized spacial score (nSPS) is 17.4. The molecule has 1 aromatic carbocycles. The number of hydrogen-bond donors (Lipinski definition) is 0. The summed E-state index contributed by atoms with van der Waals surface area (Å²) in [5.41, 5.74) is 4.44. The Bertz CT molecular complexity index is 999. The molecule has 0 amide bonds. The average molecular weight is 430 g/mol. The van der Waals surface area contributed by atoms with Crippen molar-refractivity contribution in [3.63, 3.8) is 0 Å². The quantitative estimate of drug-likeness (QED) is 0.576. The second kappa shape index (κ2) is 9.20. The van der Waals surface area contributed by atoms with Crippen LogP contribution in [0.15, 0.2) is 36.5 Å². The molecule has 0 spiro atoms. The minimum absolute atomic E-state index is 0.0236. The van der Waals surface area contributed by atoms with Crippen molar-refractivity contribution < 1.29 is 9.47 Å². The van der Waals surface area contributed by atoms with Crippen molar-refractivity contribution in [2.45, 2.75) is 26.0 Å². The van der Waals surface area contributed by atoms with Gasteiger partial charge >= 0.3 is 0 Å². The van der Waals surface area contributed by atoms with Crippen molar-refractivity contribution in [1.29, 1.82) is 0 Å². The number of ether oxygens (including phenoxy) is 2. The molecule has 0 radical (unpaired) electrons. The van der Waals surface area contributed by atoms with E-state index in [-0.39, 0.29) is 6.10 Å². The highest BCUT2D eigenvalue weighted by atomic mass is 35.5. The molecule has 0 unspecified atom stereocenters. The fraction of sp³-hybridized carbons (Fsp3) is 0.455. The van der Waals surface area contributed by atoms with Gasteiger partial charge in [-0.25, -0.2) is 0 Å². The number of halogens is 1. The maximum absolute atomic E-state index is 6.04. The summed E-state index contributed by atoms with van der Waals surface area (Å²) in [7, 11) is 3.93. The summed E-state index contributed by atoms with van der Waals surface area (Å²) in [5.74, 6) is 0.779. The largest absolute Gasteiger partial charge is 0.493 e. The third-order valence-electron chi connectivity index (χ3n) is 5.41. The van der Waals surface area contributed by atoms with Gasteiger partial charge in [0.05, 0.1) is 24.6 Å². The predicted molar refractivity (Wildman–Crippen MR) is 116 cm³/mol. The first-order chi connectivity index (χ1) is 14.5. The summed E-state index contributed by atoms with van der Waals surface area (Å²) in [4.78, 5) is 2.41. The molecule has 30 heavy (non-hydrogen) atoms. The van der Waals surface area contributed by atoms with Crippen LogP contribution in [-0.4, -0.2) is 50.8 Å². The molecule has 1 saturated heterocycles. The van der Waals surface area contributed by atoms with Gasteiger partial charge in [0, 0.05) is 62.6 Å². The second-order valence-corrected chi connectivity index (χ2v) is 8.18. The summed E-state index contributed by atoms with van der Waals surface area (Å²) < 4.78 is 15.7. The first-order valence-electron chi connectivity index (χ1n) is 10.2. The first kappa shape index (κ1) is 20.9. The molecule has 2 aromatic heterocycles. The standard InChI is InChI=1S/C22H28ClN5O2/c1-16-17(13-26(2)24-16)14-28-8-10-30-22(15-28)21-12-19(27(3)25-21)7-9-29-20-6-4-5-18(23)11-20/h4-6,11-13,22H,7-10,14-15H2,1-3H3/t22-/m0/s1. The number of aromatic nitrogens is 4. The molecule has 1 aliphatic rings. The van der Waals surface area contributed by atoms with E-state index < -0.39 is 0 Å². The summed E-state index contributed by atoms with van der Waals surface area (Å²) in [6, 6.07) is 9.59. The van der Waals surface area contributed by atoms with Gasteiger partial charge in [0.2, 0.25) is 0 Å². The van der Waals surface area contributed by atoms with Gasteiger partial charge < -0.3 is 9.47 Å². The molecule has 4 rings (SSSR count). The number of hydrogen-bond acceptors (Lipinski definition) is 5. The molecule has 3 heterocycles. The Labute approximate surface area is 182 Å². The van der Waals surface area contributed by atoms with E-state index in [0.717, 1.165) is 48.9 Å². The SMILES string of the molecule is Cc1nn(C)cc1CN1CCO[C@H](c2cc(CCOc3cccc(Cl)c3)n(C)n2)C1. The molecule has 0 aliphatic carbocycles. The van der Waals surface area contributed by atoms with Gasteiger partial charge in [-0.3, -0.25) is 14.3 Å². The maximum atomic E-state index is 6.04. The average Bonchev–Trinajstić information content (AvgIpc) is 3.23. The van der Waals surface area contributed by atoms with E-state index in [4.69, 9.17) is 26.2 Å². The van der Waals surface area contributed by atoms with Crippen molar-refractivity contribution in [3.05, 3.63) is 64.2 Å². The van der Waals surface area contributed by atoms with Crippen LogP contribution in [0.3, 0.4) is 0 Å². The Balaban J connectivity index is 1.35. The zero-order valence-electron chi connectivity index (χ0n) is 17.7. The van der Waals surface area contributed by atoms with Gasteiger partial charge in [0.25, 0.3) is 0 Å². The molecule has 1 aliphatic heterocycles. The van der Waals surface area contributed by atoms with Crippen molar-refractivity contribution in [2.75, 3.05) is 26.3 Å². The molecular formula is C22H28ClN5O2. The highest BCUT2D eigenvalue weighted by Crippen LogP contribution is 2.24. The zero-order chi connectivity index (χ0) is 21.1. The zero-order valence-corrected chi connectivity index (χ0v) is 18.5. The van der Waals surface area contributed by atoms with Gasteiger partial charge in [-0.05, 0) is 31.2 Å². The van der Waals surface area contributed by atoms with Crippen LogP contribution in [-0.2, 0) is 31.8 Å². The third kappa shape index (κ3) is 5.03. The van der Waals surface area contributed by atoms with E-state index in [1.54, 1.807) is 0 Å². The molecule has 3 aromatic rings. The fourth-order valence-electron chi connectivity index (χ4n) is 3.82. The Kier molecular flexibility index (Phi) is 6.41. The number of aryl methyl sites for hydroxylation is 3. The fourth-order valence-corrected chi connectivity index (χ4v) is 4.00. The van der Waals surface area contributed by atoms with Gasteiger partial charge in [-0.2, -0.15) is 10.2 Å². The van der Waals surface area contributed by atoms with Crippen LogP contribution >= 0.6 is 11.6 Å². The highest BCUT2D eigenvalue weighted by molar-refractivity contribution is 6.30. The lowest BCUT2D eigenvalue weighted by atomic mass is 10.1. The van der Waals surface area contributed by atoms with Crippen molar-refractivity contribution in [3.8, 4) is 5.75 Å². The first-order valence-corrected chi connectivity index (χ1v) is 10.6. The lowest BCUT2D eigenvalue weighted by Gasteiger charge is -2.31. The van der Waals surface area contributed by atoms with Crippen LogP contribution in [0.1, 0.15) is 28.7 Å². The third-order valence-corrected chi connectivity index (χ3v) is 5.64. The summed E-state index contributed by atoms with van der Waals surface area (Å²) >= 11 is 6.01. The molecule has 0 saturated carbocycles. The van der Waals surface area contributed by atoms with Gasteiger partial charge in [-0.15, -0.1) is 0 Å². The van der Waals surface area contributed by atoms with E-state index in [2.05, 4.69) is 29.2 Å². The Morgan fingerprint density at radius 1 is 1.23 bits per heavy atom. The summed E-state index contributed by atoms with van der Waals surface area (Å²) in [6.07, 6.45) is 2.84. The van der Waals surface area contributed by atoms with Gasteiger partial charge in [0.1, 0.15) is 11.9 Å². The van der Waals surface area contributed by atoms with E-state index in [0.29, 0.717) is 18.2 Å². The van der Waals surface area contributed by atoms with Crippen LogP contribution in [0.4, 0.5) is 0 Å². The maximum Gasteiger partial charge on any atom is 0.120 e. The van der Waals surface area contributed by atoms with Crippen LogP contribution in [0.2, 0.25) is 5.02 Å². The van der Waals surface area contributed by atoms with Crippen LogP contribution < -0.4 is 4.74 Å². The number of nitrogens with zero attached hydrogens (tertiary/aromatic N) is 5. The van der Waals surface area contributed by atoms with Crippen LogP contribution in [0.25, 0.3) is 0 Å². The molecule has 1 fully saturated rings. The number of rotatable bonds is 7. The lowest BCUT2D eigenvalue weighted by molar-refractivity contribution is -0.0352. The highest BCUT2D eigenvalue weighted by Gasteiger charge is 2.25. The van der Waals surface area contributed by atoms with E-state index >= 15 is 0 Å². The van der Waals surface area contributed by atoms with E-state index in [1.807, 2.05) is 47.7 Å². The van der Waals surface area contributed by atoms with Crippen molar-refractivity contribution in [1.82, 2.24) is 24.5 Å². The molecule has 160 valence electrons. The smallest absolute Gasteiger partial charge is 0.120 e. The lowest BCUT2D eigenvalue weighted by Crippen LogP contribution is -2.38. The number of benzene rings is 1. The summed E-state index contributed by atoms with van der Waals surface area (Å²) in [6.45, 7) is 5.95. The Morgan fingerprint density at radius 3 is 2.87 bits per heavy atom. The summed E-state index contributed by atoms with van der Waals surface area (Å²) in [5, 5.41) is 9.83. The Morgan fingerprint density at radius 2 is 2.10 bits per heavy atom. The van der Waals surface area contributed by atoms with E-state index in [1.165, 1.54) is 5.56 Å². The minimum atomic E-state index is -0.0236. The molecular weight excluding hydrogens is 402 g/mol. The predicted octanol–water partition coefficient (Wildman–Crippen LogP) is 3.31.